The fourth-order valence-electron chi connectivity index (χ4n) is 2.93. The third-order valence-electron chi connectivity index (χ3n) is 4.47. The molecule has 1 amide bonds. The van der Waals surface area contributed by atoms with Gasteiger partial charge in [-0.2, -0.15) is 0 Å². The van der Waals surface area contributed by atoms with Crippen molar-refractivity contribution in [1.82, 2.24) is 0 Å². The summed E-state index contributed by atoms with van der Waals surface area (Å²) in [6.45, 7) is 0. The Morgan fingerprint density at radius 3 is 2.38 bits per heavy atom. The van der Waals surface area contributed by atoms with E-state index in [1.807, 2.05) is 12.1 Å². The molecule has 0 unspecified atom stereocenters. The lowest BCUT2D eigenvalue weighted by Crippen LogP contribution is -2.12. The third-order valence-corrected chi connectivity index (χ3v) is 5.00. The van der Waals surface area contributed by atoms with Gasteiger partial charge in [0, 0.05) is 33.4 Å². The molecule has 0 aliphatic rings. The summed E-state index contributed by atoms with van der Waals surface area (Å²) in [4.78, 5) is 25.0. The summed E-state index contributed by atoms with van der Waals surface area (Å²) in [5.41, 5.74) is 2.08. The van der Waals surface area contributed by atoms with Crippen molar-refractivity contribution < 1.29 is 13.9 Å². The van der Waals surface area contributed by atoms with Crippen molar-refractivity contribution in [3.05, 3.63) is 93.1 Å². The summed E-state index contributed by atoms with van der Waals surface area (Å²) in [5, 5.41) is 3.28. The maximum absolute atomic E-state index is 12.5. The zero-order chi connectivity index (χ0) is 20.4. The normalized spacial score (nSPS) is 10.7. The van der Waals surface area contributed by atoms with E-state index in [4.69, 9.17) is 9.15 Å². The summed E-state index contributed by atoms with van der Waals surface area (Å²) in [6, 6.07) is 20.7. The number of ether oxygens (including phenoxy) is 1. The first-order chi connectivity index (χ1) is 14.0. The van der Waals surface area contributed by atoms with Crippen LogP contribution in [0.25, 0.3) is 22.3 Å². The molecule has 0 spiro atoms. The van der Waals surface area contributed by atoms with E-state index >= 15 is 0 Å². The number of fused-ring (bicyclic) bond motifs is 1. The van der Waals surface area contributed by atoms with Crippen LogP contribution < -0.4 is 15.5 Å². The third kappa shape index (κ3) is 4.07. The maximum atomic E-state index is 12.5. The molecule has 0 aliphatic carbocycles. The minimum Gasteiger partial charge on any atom is -0.497 e. The highest BCUT2D eigenvalue weighted by Gasteiger charge is 2.10. The van der Waals surface area contributed by atoms with Gasteiger partial charge in [0.05, 0.1) is 12.5 Å². The first-order valence-electron chi connectivity index (χ1n) is 8.83. The van der Waals surface area contributed by atoms with Gasteiger partial charge in [-0.3, -0.25) is 9.59 Å². The van der Waals surface area contributed by atoms with Crippen molar-refractivity contribution >= 4 is 38.5 Å². The Hall–Kier alpha value is -3.38. The van der Waals surface area contributed by atoms with E-state index < -0.39 is 0 Å². The SMILES string of the molecule is COc1ccc(-c2cc(=O)c3ccc(NC(=O)c4ccc(Br)cc4)cc3o2)cc1. The molecule has 0 saturated carbocycles. The number of amides is 1. The van der Waals surface area contributed by atoms with Gasteiger partial charge in [-0.05, 0) is 60.7 Å². The topological polar surface area (TPSA) is 68.5 Å². The second kappa shape index (κ2) is 7.93. The van der Waals surface area contributed by atoms with Crippen LogP contribution in [0.2, 0.25) is 0 Å². The molecule has 3 aromatic carbocycles. The number of carbonyl (C=O) groups excluding carboxylic acids is 1. The van der Waals surface area contributed by atoms with Gasteiger partial charge in [0.25, 0.3) is 5.91 Å². The number of halogens is 1. The van der Waals surface area contributed by atoms with Gasteiger partial charge < -0.3 is 14.5 Å². The Balaban J connectivity index is 1.67. The zero-order valence-corrected chi connectivity index (χ0v) is 17.0. The zero-order valence-electron chi connectivity index (χ0n) is 15.4. The molecule has 5 nitrogen and oxygen atoms in total. The van der Waals surface area contributed by atoms with Crippen molar-refractivity contribution in [2.75, 3.05) is 12.4 Å². The van der Waals surface area contributed by atoms with E-state index in [9.17, 15) is 9.59 Å². The molecule has 0 fully saturated rings. The molecular weight excluding hydrogens is 434 g/mol. The molecule has 6 heteroatoms. The summed E-state index contributed by atoms with van der Waals surface area (Å²) in [7, 11) is 1.59. The Morgan fingerprint density at radius 2 is 1.69 bits per heavy atom. The highest BCUT2D eigenvalue weighted by Crippen LogP contribution is 2.26. The Labute approximate surface area is 175 Å². The second-order valence-electron chi connectivity index (χ2n) is 6.38. The summed E-state index contributed by atoms with van der Waals surface area (Å²) in [6.07, 6.45) is 0. The predicted octanol–water partition coefficient (Wildman–Crippen LogP) is 5.48. The quantitative estimate of drug-likeness (QED) is 0.447. The van der Waals surface area contributed by atoms with Gasteiger partial charge in [-0.1, -0.05) is 15.9 Å². The van der Waals surface area contributed by atoms with Crippen LogP contribution in [0.3, 0.4) is 0 Å². The molecular formula is C23H16BrNO4. The van der Waals surface area contributed by atoms with Crippen LogP contribution in [0.15, 0.2) is 86.5 Å². The van der Waals surface area contributed by atoms with E-state index in [0.717, 1.165) is 15.8 Å². The largest absolute Gasteiger partial charge is 0.497 e. The molecule has 0 radical (unpaired) electrons. The molecule has 4 rings (SSSR count). The average molecular weight is 450 g/mol. The molecule has 29 heavy (non-hydrogen) atoms. The lowest BCUT2D eigenvalue weighted by atomic mass is 10.1. The van der Waals surface area contributed by atoms with E-state index in [1.165, 1.54) is 6.07 Å². The Kier molecular flexibility index (Phi) is 5.18. The predicted molar refractivity (Wildman–Crippen MR) is 117 cm³/mol. The first-order valence-corrected chi connectivity index (χ1v) is 9.62. The van der Waals surface area contributed by atoms with Crippen LogP contribution in [0.1, 0.15) is 10.4 Å². The van der Waals surface area contributed by atoms with Gasteiger partial charge >= 0.3 is 0 Å². The van der Waals surface area contributed by atoms with Gasteiger partial charge in [-0.25, -0.2) is 0 Å². The highest BCUT2D eigenvalue weighted by molar-refractivity contribution is 9.10. The smallest absolute Gasteiger partial charge is 0.255 e. The van der Waals surface area contributed by atoms with Crippen LogP contribution in [-0.4, -0.2) is 13.0 Å². The minimum absolute atomic E-state index is 0.150. The summed E-state index contributed by atoms with van der Waals surface area (Å²) in [5.74, 6) is 0.918. The molecule has 0 bridgehead atoms. The number of hydrogen-bond acceptors (Lipinski definition) is 4. The molecule has 1 aromatic heterocycles. The lowest BCUT2D eigenvalue weighted by Gasteiger charge is -2.08. The van der Waals surface area contributed by atoms with E-state index in [1.54, 1.807) is 61.7 Å². The van der Waals surface area contributed by atoms with Crippen LogP contribution in [-0.2, 0) is 0 Å². The lowest BCUT2D eigenvalue weighted by molar-refractivity contribution is 0.102. The van der Waals surface area contributed by atoms with Crippen LogP contribution >= 0.6 is 15.9 Å². The number of benzene rings is 3. The molecule has 4 aromatic rings. The fourth-order valence-corrected chi connectivity index (χ4v) is 3.20. The molecule has 0 atom stereocenters. The fraction of sp³-hybridized carbons (Fsp3) is 0.0435. The van der Waals surface area contributed by atoms with E-state index in [-0.39, 0.29) is 11.3 Å². The highest BCUT2D eigenvalue weighted by atomic mass is 79.9. The average Bonchev–Trinajstić information content (AvgIpc) is 2.74. The summed E-state index contributed by atoms with van der Waals surface area (Å²) < 4.78 is 12.0. The van der Waals surface area contributed by atoms with Crippen molar-refractivity contribution in [2.24, 2.45) is 0 Å². The van der Waals surface area contributed by atoms with Crippen LogP contribution in [0.4, 0.5) is 5.69 Å². The standard InChI is InChI=1S/C23H16BrNO4/c1-28-18-9-4-14(5-10-18)21-13-20(26)19-11-8-17(12-22(19)29-21)25-23(27)15-2-6-16(24)7-3-15/h2-13H,1H3,(H,25,27). The number of methoxy groups -OCH3 is 1. The van der Waals surface area contributed by atoms with Crippen molar-refractivity contribution in [2.45, 2.75) is 0 Å². The van der Waals surface area contributed by atoms with Crippen molar-refractivity contribution in [3.8, 4) is 17.1 Å². The van der Waals surface area contributed by atoms with Gasteiger partial charge in [0.1, 0.15) is 17.1 Å². The molecule has 0 aliphatic heterocycles. The Morgan fingerprint density at radius 1 is 0.966 bits per heavy atom. The molecule has 144 valence electrons. The minimum atomic E-state index is -0.245. The Bertz CT molecular complexity index is 1240. The van der Waals surface area contributed by atoms with E-state index in [2.05, 4.69) is 21.2 Å². The molecule has 0 saturated heterocycles. The van der Waals surface area contributed by atoms with Crippen LogP contribution in [0.5, 0.6) is 5.75 Å². The summed E-state index contributed by atoms with van der Waals surface area (Å²) >= 11 is 3.35. The number of rotatable bonds is 4. The van der Waals surface area contributed by atoms with Gasteiger partial charge in [-0.15, -0.1) is 0 Å². The molecule has 1 N–H and O–H groups in total. The van der Waals surface area contributed by atoms with Gasteiger partial charge in [0.2, 0.25) is 0 Å². The first kappa shape index (κ1) is 19.0. The van der Waals surface area contributed by atoms with Crippen molar-refractivity contribution in [1.29, 1.82) is 0 Å². The van der Waals surface area contributed by atoms with Crippen LogP contribution in [0, 0.1) is 0 Å². The second-order valence-corrected chi connectivity index (χ2v) is 7.29. The number of hydrogen-bond donors (Lipinski definition) is 1. The van der Waals surface area contributed by atoms with Gasteiger partial charge in [0.15, 0.2) is 5.43 Å². The monoisotopic (exact) mass is 449 g/mol. The van der Waals surface area contributed by atoms with E-state index in [0.29, 0.717) is 28.0 Å². The maximum Gasteiger partial charge on any atom is 0.255 e. The number of anilines is 1. The molecule has 1 heterocycles. The number of carbonyl (C=O) groups is 1. The van der Waals surface area contributed by atoms with Crippen molar-refractivity contribution in [3.63, 3.8) is 0 Å². The number of nitrogens with one attached hydrogen (secondary N) is 1.